The summed E-state index contributed by atoms with van der Waals surface area (Å²) in [6.07, 6.45) is 0.404. The molecule has 18 heavy (non-hydrogen) atoms. The molecule has 0 aliphatic rings. The summed E-state index contributed by atoms with van der Waals surface area (Å²) in [5.74, 6) is 0. The van der Waals surface area contributed by atoms with Crippen molar-refractivity contribution in [2.45, 2.75) is 19.1 Å². The third-order valence-electron chi connectivity index (χ3n) is 3.00. The zero-order valence-corrected chi connectivity index (χ0v) is 11.4. The Morgan fingerprint density at radius 3 is 2.67 bits per heavy atom. The van der Waals surface area contributed by atoms with Gasteiger partial charge in [0.1, 0.15) is 0 Å². The predicted octanol–water partition coefficient (Wildman–Crippen LogP) is 3.30. The SMILES string of the molecule is CN(CCC(O)c1ccccc1)Cc1ccsc1. The van der Waals surface area contributed by atoms with E-state index in [1.165, 1.54) is 5.56 Å². The van der Waals surface area contributed by atoms with Crippen molar-refractivity contribution in [3.63, 3.8) is 0 Å². The minimum atomic E-state index is -0.365. The molecule has 2 aromatic rings. The van der Waals surface area contributed by atoms with Crippen LogP contribution in [0, 0.1) is 0 Å². The molecule has 1 atom stereocenters. The van der Waals surface area contributed by atoms with E-state index in [2.05, 4.69) is 28.8 Å². The third-order valence-corrected chi connectivity index (χ3v) is 3.73. The first-order chi connectivity index (χ1) is 8.75. The van der Waals surface area contributed by atoms with Gasteiger partial charge >= 0.3 is 0 Å². The standard InChI is InChI=1S/C15H19NOS/c1-16(11-13-8-10-18-12-13)9-7-15(17)14-5-3-2-4-6-14/h2-6,8,10,12,15,17H,7,9,11H2,1H3. The minimum absolute atomic E-state index is 0.365. The maximum absolute atomic E-state index is 10.1. The van der Waals surface area contributed by atoms with Crippen molar-refractivity contribution in [3.8, 4) is 0 Å². The zero-order valence-electron chi connectivity index (χ0n) is 10.6. The fourth-order valence-electron chi connectivity index (χ4n) is 1.96. The molecule has 1 aromatic carbocycles. The van der Waals surface area contributed by atoms with Gasteiger partial charge in [0, 0.05) is 13.1 Å². The second-order valence-electron chi connectivity index (χ2n) is 4.58. The van der Waals surface area contributed by atoms with E-state index in [1.54, 1.807) is 11.3 Å². The Hall–Kier alpha value is -1.16. The molecule has 1 N–H and O–H groups in total. The number of benzene rings is 1. The van der Waals surface area contributed by atoms with Gasteiger partial charge in [-0.3, -0.25) is 0 Å². The maximum atomic E-state index is 10.1. The number of hydrogen-bond donors (Lipinski definition) is 1. The molecule has 1 heterocycles. The number of aliphatic hydroxyl groups excluding tert-OH is 1. The van der Waals surface area contributed by atoms with Gasteiger partial charge in [-0.1, -0.05) is 30.3 Å². The molecule has 0 bridgehead atoms. The van der Waals surface area contributed by atoms with Crippen LogP contribution < -0.4 is 0 Å². The molecule has 1 aromatic heterocycles. The molecule has 0 aliphatic heterocycles. The summed E-state index contributed by atoms with van der Waals surface area (Å²) in [7, 11) is 2.09. The van der Waals surface area contributed by atoms with E-state index in [9.17, 15) is 5.11 Å². The first-order valence-electron chi connectivity index (χ1n) is 6.18. The van der Waals surface area contributed by atoms with Crippen molar-refractivity contribution in [2.75, 3.05) is 13.6 Å². The number of nitrogens with zero attached hydrogens (tertiary/aromatic N) is 1. The molecule has 96 valence electrons. The van der Waals surface area contributed by atoms with Gasteiger partial charge < -0.3 is 10.0 Å². The topological polar surface area (TPSA) is 23.5 Å². The minimum Gasteiger partial charge on any atom is -0.388 e. The number of rotatable bonds is 6. The van der Waals surface area contributed by atoms with E-state index in [0.717, 1.165) is 25.1 Å². The Morgan fingerprint density at radius 1 is 1.22 bits per heavy atom. The fourth-order valence-corrected chi connectivity index (χ4v) is 2.62. The fraction of sp³-hybridized carbons (Fsp3) is 0.333. The molecular weight excluding hydrogens is 242 g/mol. The lowest BCUT2D eigenvalue weighted by Gasteiger charge is -2.18. The molecule has 0 fully saturated rings. The highest BCUT2D eigenvalue weighted by molar-refractivity contribution is 7.07. The van der Waals surface area contributed by atoms with Crippen molar-refractivity contribution in [1.29, 1.82) is 0 Å². The van der Waals surface area contributed by atoms with Gasteiger partial charge in [-0.2, -0.15) is 11.3 Å². The van der Waals surface area contributed by atoms with Gasteiger partial charge in [-0.15, -0.1) is 0 Å². The Labute approximate surface area is 113 Å². The van der Waals surface area contributed by atoms with Crippen LogP contribution in [-0.4, -0.2) is 23.6 Å². The smallest absolute Gasteiger partial charge is 0.0802 e. The quantitative estimate of drug-likeness (QED) is 0.862. The van der Waals surface area contributed by atoms with E-state index in [1.807, 2.05) is 30.3 Å². The summed E-state index contributed by atoms with van der Waals surface area (Å²) in [6, 6.07) is 12.0. The van der Waals surface area contributed by atoms with Crippen LogP contribution >= 0.6 is 11.3 Å². The first-order valence-corrected chi connectivity index (χ1v) is 7.12. The average molecular weight is 261 g/mol. The van der Waals surface area contributed by atoms with E-state index < -0.39 is 0 Å². The van der Waals surface area contributed by atoms with Crippen molar-refractivity contribution >= 4 is 11.3 Å². The summed E-state index contributed by atoms with van der Waals surface area (Å²) >= 11 is 1.73. The average Bonchev–Trinajstić information content (AvgIpc) is 2.90. The Balaban J connectivity index is 1.77. The van der Waals surface area contributed by atoms with Gasteiger partial charge in [0.2, 0.25) is 0 Å². The molecule has 0 radical (unpaired) electrons. The van der Waals surface area contributed by atoms with Crippen LogP contribution in [0.2, 0.25) is 0 Å². The van der Waals surface area contributed by atoms with Crippen molar-refractivity contribution < 1.29 is 5.11 Å². The van der Waals surface area contributed by atoms with Crippen LogP contribution in [0.15, 0.2) is 47.2 Å². The summed E-state index contributed by atoms with van der Waals surface area (Å²) in [6.45, 7) is 1.84. The lowest BCUT2D eigenvalue weighted by Crippen LogP contribution is -2.20. The van der Waals surface area contributed by atoms with E-state index in [-0.39, 0.29) is 6.10 Å². The molecule has 2 rings (SSSR count). The van der Waals surface area contributed by atoms with Gasteiger partial charge in [-0.05, 0) is 41.4 Å². The molecule has 3 heteroatoms. The van der Waals surface area contributed by atoms with Crippen molar-refractivity contribution in [3.05, 3.63) is 58.3 Å². The Morgan fingerprint density at radius 2 is 2.00 bits per heavy atom. The van der Waals surface area contributed by atoms with Gasteiger partial charge in [0.25, 0.3) is 0 Å². The molecule has 0 saturated carbocycles. The summed E-state index contributed by atoms with van der Waals surface area (Å²) in [4.78, 5) is 2.24. The van der Waals surface area contributed by atoms with E-state index in [4.69, 9.17) is 0 Å². The normalized spacial score (nSPS) is 12.8. The van der Waals surface area contributed by atoms with E-state index >= 15 is 0 Å². The number of thiophene rings is 1. The van der Waals surface area contributed by atoms with Crippen molar-refractivity contribution in [2.24, 2.45) is 0 Å². The molecule has 0 spiro atoms. The van der Waals surface area contributed by atoms with E-state index in [0.29, 0.717) is 0 Å². The highest BCUT2D eigenvalue weighted by Gasteiger charge is 2.08. The first kappa shape index (κ1) is 13.3. The Bertz CT molecular complexity index is 441. The van der Waals surface area contributed by atoms with Crippen LogP contribution in [-0.2, 0) is 6.54 Å². The van der Waals surface area contributed by atoms with Crippen LogP contribution in [0.1, 0.15) is 23.7 Å². The second kappa shape index (κ2) is 6.69. The van der Waals surface area contributed by atoms with Crippen molar-refractivity contribution in [1.82, 2.24) is 4.90 Å². The monoisotopic (exact) mass is 261 g/mol. The summed E-state index contributed by atoms with van der Waals surface area (Å²) in [5.41, 5.74) is 2.35. The number of aliphatic hydroxyl groups is 1. The van der Waals surface area contributed by atoms with Crippen LogP contribution in [0.4, 0.5) is 0 Å². The van der Waals surface area contributed by atoms with Crippen LogP contribution in [0.5, 0.6) is 0 Å². The molecular formula is C15H19NOS. The summed E-state index contributed by atoms with van der Waals surface area (Å²) in [5, 5.41) is 14.3. The lowest BCUT2D eigenvalue weighted by molar-refractivity contribution is 0.147. The third kappa shape index (κ3) is 3.95. The highest BCUT2D eigenvalue weighted by Crippen LogP contribution is 2.17. The lowest BCUT2D eigenvalue weighted by atomic mass is 10.1. The van der Waals surface area contributed by atoms with Gasteiger partial charge in [0.05, 0.1) is 6.10 Å². The van der Waals surface area contributed by atoms with Gasteiger partial charge in [0.15, 0.2) is 0 Å². The predicted molar refractivity (Wildman–Crippen MR) is 76.7 cm³/mol. The molecule has 0 saturated heterocycles. The number of hydrogen-bond acceptors (Lipinski definition) is 3. The maximum Gasteiger partial charge on any atom is 0.0802 e. The van der Waals surface area contributed by atoms with Crippen LogP contribution in [0.25, 0.3) is 0 Å². The molecule has 1 unspecified atom stereocenters. The summed E-state index contributed by atoms with van der Waals surface area (Å²) < 4.78 is 0. The second-order valence-corrected chi connectivity index (χ2v) is 5.36. The molecule has 2 nitrogen and oxygen atoms in total. The largest absolute Gasteiger partial charge is 0.388 e. The van der Waals surface area contributed by atoms with Gasteiger partial charge in [-0.25, -0.2) is 0 Å². The molecule has 0 aliphatic carbocycles. The van der Waals surface area contributed by atoms with Crippen LogP contribution in [0.3, 0.4) is 0 Å². The molecule has 0 amide bonds. The highest BCUT2D eigenvalue weighted by atomic mass is 32.1. The Kier molecular flexibility index (Phi) is 4.93. The zero-order chi connectivity index (χ0) is 12.8.